The van der Waals surface area contributed by atoms with Gasteiger partial charge < -0.3 is 10.4 Å². The first kappa shape index (κ1) is 15.3. The summed E-state index contributed by atoms with van der Waals surface area (Å²) in [7, 11) is 0. The molecular formula is C13H11ClN2O4S. The van der Waals surface area contributed by atoms with Crippen molar-refractivity contribution in [3.05, 3.63) is 55.2 Å². The third kappa shape index (κ3) is 3.32. The molecule has 2 aromatic rings. The van der Waals surface area contributed by atoms with Crippen LogP contribution in [0, 0.1) is 17.0 Å². The second-order valence-corrected chi connectivity index (χ2v) is 5.69. The number of nitro groups is 1. The summed E-state index contributed by atoms with van der Waals surface area (Å²) in [6.45, 7) is 1.65. The van der Waals surface area contributed by atoms with Crippen molar-refractivity contribution in [2.24, 2.45) is 0 Å². The van der Waals surface area contributed by atoms with Gasteiger partial charge in [0.1, 0.15) is 5.02 Å². The third-order valence-corrected chi connectivity index (χ3v) is 4.10. The predicted molar refractivity (Wildman–Crippen MR) is 81.2 cm³/mol. The number of aliphatic carboxylic acids is 1. The van der Waals surface area contributed by atoms with Gasteiger partial charge in [0.25, 0.3) is 5.69 Å². The average molecular weight is 327 g/mol. The molecule has 0 bridgehead atoms. The standard InChI is InChI=1S/C13H11ClN2O4S/c1-7-5-10(16(19)20)8(14)6-9(7)15-12(13(17)18)11-3-2-4-21-11/h2-6,12,15H,1H3,(H,17,18). The number of carbonyl (C=O) groups is 1. The lowest BCUT2D eigenvalue weighted by atomic mass is 10.1. The van der Waals surface area contributed by atoms with Crippen molar-refractivity contribution < 1.29 is 14.8 Å². The minimum Gasteiger partial charge on any atom is -0.479 e. The molecule has 1 heterocycles. The van der Waals surface area contributed by atoms with E-state index in [1.807, 2.05) is 0 Å². The monoisotopic (exact) mass is 326 g/mol. The van der Waals surface area contributed by atoms with Crippen molar-refractivity contribution in [2.75, 3.05) is 5.32 Å². The molecule has 1 aromatic heterocycles. The number of halogens is 1. The van der Waals surface area contributed by atoms with E-state index in [0.29, 0.717) is 16.1 Å². The zero-order chi connectivity index (χ0) is 15.6. The molecule has 2 N–H and O–H groups in total. The molecule has 0 saturated carbocycles. The molecule has 8 heteroatoms. The third-order valence-electron chi connectivity index (χ3n) is 2.87. The van der Waals surface area contributed by atoms with E-state index in [9.17, 15) is 20.0 Å². The number of thiophene rings is 1. The van der Waals surface area contributed by atoms with Crippen LogP contribution in [0.3, 0.4) is 0 Å². The molecule has 0 aliphatic rings. The van der Waals surface area contributed by atoms with E-state index in [0.717, 1.165) is 0 Å². The highest BCUT2D eigenvalue weighted by Crippen LogP contribution is 2.33. The number of benzene rings is 1. The van der Waals surface area contributed by atoms with Crippen LogP contribution in [-0.4, -0.2) is 16.0 Å². The Labute approximate surface area is 129 Å². The van der Waals surface area contributed by atoms with Crippen LogP contribution in [0.25, 0.3) is 0 Å². The van der Waals surface area contributed by atoms with Crippen LogP contribution >= 0.6 is 22.9 Å². The first-order chi connectivity index (χ1) is 9.90. The van der Waals surface area contributed by atoms with E-state index >= 15 is 0 Å². The molecule has 1 atom stereocenters. The van der Waals surface area contributed by atoms with Crippen LogP contribution in [0.4, 0.5) is 11.4 Å². The number of rotatable bonds is 5. The van der Waals surface area contributed by atoms with Crippen molar-refractivity contribution in [3.63, 3.8) is 0 Å². The van der Waals surface area contributed by atoms with Crippen LogP contribution in [-0.2, 0) is 4.79 Å². The Morgan fingerprint density at radius 1 is 1.52 bits per heavy atom. The Bertz CT molecular complexity index is 688. The van der Waals surface area contributed by atoms with E-state index in [1.165, 1.54) is 23.5 Å². The summed E-state index contributed by atoms with van der Waals surface area (Å²) >= 11 is 7.17. The van der Waals surface area contributed by atoms with Crippen molar-refractivity contribution in [3.8, 4) is 0 Å². The zero-order valence-corrected chi connectivity index (χ0v) is 12.4. The Hall–Kier alpha value is -2.12. The van der Waals surface area contributed by atoms with Gasteiger partial charge in [-0.05, 0) is 30.0 Å². The zero-order valence-electron chi connectivity index (χ0n) is 10.9. The van der Waals surface area contributed by atoms with Crippen LogP contribution in [0.15, 0.2) is 29.6 Å². The number of nitrogens with zero attached hydrogens (tertiary/aromatic N) is 1. The molecule has 2 rings (SSSR count). The lowest BCUT2D eigenvalue weighted by Gasteiger charge is -2.16. The Balaban J connectivity index is 2.36. The van der Waals surface area contributed by atoms with Gasteiger partial charge in [-0.25, -0.2) is 4.79 Å². The maximum atomic E-state index is 11.4. The number of nitrogens with one attached hydrogen (secondary N) is 1. The average Bonchev–Trinajstić information content (AvgIpc) is 2.92. The summed E-state index contributed by atoms with van der Waals surface area (Å²) in [6.07, 6.45) is 0. The maximum Gasteiger partial charge on any atom is 0.331 e. The molecule has 0 radical (unpaired) electrons. The van der Waals surface area contributed by atoms with Crippen LogP contribution in [0.5, 0.6) is 0 Å². The number of aryl methyl sites for hydroxylation is 1. The molecule has 1 aromatic carbocycles. The molecule has 6 nitrogen and oxygen atoms in total. The Morgan fingerprint density at radius 2 is 2.24 bits per heavy atom. The van der Waals surface area contributed by atoms with E-state index < -0.39 is 16.9 Å². The first-order valence-electron chi connectivity index (χ1n) is 5.87. The quantitative estimate of drug-likeness (QED) is 0.643. The van der Waals surface area contributed by atoms with Gasteiger partial charge in [0.2, 0.25) is 0 Å². The van der Waals surface area contributed by atoms with Crippen LogP contribution in [0.2, 0.25) is 5.02 Å². The minimum atomic E-state index is -1.04. The molecule has 1 unspecified atom stereocenters. The highest BCUT2D eigenvalue weighted by molar-refractivity contribution is 7.10. The van der Waals surface area contributed by atoms with Crippen LogP contribution < -0.4 is 5.32 Å². The van der Waals surface area contributed by atoms with Gasteiger partial charge in [0.15, 0.2) is 6.04 Å². The highest BCUT2D eigenvalue weighted by atomic mass is 35.5. The molecule has 21 heavy (non-hydrogen) atoms. The SMILES string of the molecule is Cc1cc([N+](=O)[O-])c(Cl)cc1NC(C(=O)O)c1cccs1. The van der Waals surface area contributed by atoms with Crippen molar-refractivity contribution in [2.45, 2.75) is 13.0 Å². The maximum absolute atomic E-state index is 11.4. The molecule has 0 aliphatic heterocycles. The number of carboxylic acids is 1. The predicted octanol–water partition coefficient (Wildman–Crippen LogP) is 3.86. The Morgan fingerprint density at radius 3 is 2.76 bits per heavy atom. The van der Waals surface area contributed by atoms with Gasteiger partial charge in [-0.3, -0.25) is 10.1 Å². The number of anilines is 1. The second kappa shape index (κ2) is 6.11. The van der Waals surface area contributed by atoms with E-state index in [2.05, 4.69) is 5.32 Å². The smallest absolute Gasteiger partial charge is 0.331 e. The summed E-state index contributed by atoms with van der Waals surface area (Å²) in [4.78, 5) is 22.2. The van der Waals surface area contributed by atoms with Gasteiger partial charge >= 0.3 is 5.97 Å². The van der Waals surface area contributed by atoms with Gasteiger partial charge in [0.05, 0.1) is 4.92 Å². The number of hydrogen-bond donors (Lipinski definition) is 2. The molecule has 110 valence electrons. The molecule has 0 aliphatic carbocycles. The summed E-state index contributed by atoms with van der Waals surface area (Å²) < 4.78 is 0. The molecule has 0 fully saturated rings. The summed E-state index contributed by atoms with van der Waals surface area (Å²) in [5, 5.41) is 24.7. The topological polar surface area (TPSA) is 92.5 Å². The second-order valence-electron chi connectivity index (χ2n) is 4.31. The first-order valence-corrected chi connectivity index (χ1v) is 7.13. The number of nitro benzene ring substituents is 1. The molecule has 0 spiro atoms. The van der Waals surface area contributed by atoms with E-state index in [1.54, 1.807) is 24.4 Å². The van der Waals surface area contributed by atoms with Crippen LogP contribution in [0.1, 0.15) is 16.5 Å². The number of carboxylic acid groups (broad SMARTS) is 1. The summed E-state index contributed by atoms with van der Waals surface area (Å²) in [5.41, 5.74) is 0.794. The van der Waals surface area contributed by atoms with Gasteiger partial charge in [-0.15, -0.1) is 11.3 Å². The Kier molecular flexibility index (Phi) is 4.44. The van der Waals surface area contributed by atoms with Gasteiger partial charge in [0, 0.05) is 16.6 Å². The molecule has 0 amide bonds. The van der Waals surface area contributed by atoms with E-state index in [-0.39, 0.29) is 10.7 Å². The fourth-order valence-electron chi connectivity index (χ4n) is 1.83. The fourth-order valence-corrected chi connectivity index (χ4v) is 2.83. The summed E-state index contributed by atoms with van der Waals surface area (Å²) in [6, 6.07) is 5.23. The van der Waals surface area contributed by atoms with E-state index in [4.69, 9.17) is 11.6 Å². The largest absolute Gasteiger partial charge is 0.479 e. The highest BCUT2D eigenvalue weighted by Gasteiger charge is 2.23. The molecule has 0 saturated heterocycles. The lowest BCUT2D eigenvalue weighted by Crippen LogP contribution is -2.20. The van der Waals surface area contributed by atoms with Gasteiger partial charge in [-0.1, -0.05) is 17.7 Å². The van der Waals surface area contributed by atoms with Crippen molar-refractivity contribution >= 4 is 40.3 Å². The van der Waals surface area contributed by atoms with Crippen molar-refractivity contribution in [1.82, 2.24) is 0 Å². The van der Waals surface area contributed by atoms with Gasteiger partial charge in [-0.2, -0.15) is 0 Å². The molecular weight excluding hydrogens is 316 g/mol. The summed E-state index contributed by atoms with van der Waals surface area (Å²) in [5.74, 6) is -1.04. The fraction of sp³-hybridized carbons (Fsp3) is 0.154. The minimum absolute atomic E-state index is 0.0385. The lowest BCUT2D eigenvalue weighted by molar-refractivity contribution is -0.384. The normalized spacial score (nSPS) is 11.9. The van der Waals surface area contributed by atoms with Crippen molar-refractivity contribution in [1.29, 1.82) is 0 Å². The number of hydrogen-bond acceptors (Lipinski definition) is 5.